The van der Waals surface area contributed by atoms with Crippen molar-refractivity contribution in [2.45, 2.75) is 52.4 Å². The van der Waals surface area contributed by atoms with E-state index in [1.807, 2.05) is 13.0 Å². The minimum absolute atomic E-state index is 0.425. The first-order chi connectivity index (χ1) is 9.15. The van der Waals surface area contributed by atoms with Gasteiger partial charge in [-0.1, -0.05) is 39.0 Å². The molecule has 106 valence electrons. The highest BCUT2D eigenvalue weighted by Crippen LogP contribution is 2.20. The molecule has 0 aliphatic rings. The highest BCUT2D eigenvalue weighted by atomic mass is 35.5. The second-order valence-corrected chi connectivity index (χ2v) is 5.21. The van der Waals surface area contributed by atoms with Gasteiger partial charge in [0.1, 0.15) is 5.75 Å². The third-order valence-electron chi connectivity index (χ3n) is 3.16. The molecule has 0 fully saturated rings. The second-order valence-electron chi connectivity index (χ2n) is 4.87. The maximum atomic E-state index is 11.0. The lowest BCUT2D eigenvalue weighted by Crippen LogP contribution is -2.00. The van der Waals surface area contributed by atoms with E-state index in [1.165, 1.54) is 32.1 Å². The summed E-state index contributed by atoms with van der Waals surface area (Å²) in [6.45, 7) is 4.89. The first kappa shape index (κ1) is 16.0. The molecule has 0 spiro atoms. The van der Waals surface area contributed by atoms with E-state index < -0.39 is 5.24 Å². The molecule has 0 amide bonds. The zero-order valence-corrected chi connectivity index (χ0v) is 12.6. The lowest BCUT2D eigenvalue weighted by Gasteiger charge is -2.09. The van der Waals surface area contributed by atoms with Crippen LogP contribution in [0.2, 0.25) is 0 Å². The van der Waals surface area contributed by atoms with Crippen molar-refractivity contribution in [2.24, 2.45) is 0 Å². The summed E-state index contributed by atoms with van der Waals surface area (Å²) >= 11 is 5.43. The number of rotatable bonds is 9. The Balaban J connectivity index is 2.28. The third kappa shape index (κ3) is 6.11. The van der Waals surface area contributed by atoms with Crippen LogP contribution in [-0.4, -0.2) is 11.8 Å². The minimum Gasteiger partial charge on any atom is -0.493 e. The van der Waals surface area contributed by atoms with Gasteiger partial charge >= 0.3 is 0 Å². The van der Waals surface area contributed by atoms with Crippen LogP contribution < -0.4 is 4.74 Å². The van der Waals surface area contributed by atoms with Gasteiger partial charge in [-0.2, -0.15) is 0 Å². The van der Waals surface area contributed by atoms with Crippen LogP contribution in [0, 0.1) is 6.92 Å². The summed E-state index contributed by atoms with van der Waals surface area (Å²) in [7, 11) is 0. The molecule has 2 nitrogen and oxygen atoms in total. The van der Waals surface area contributed by atoms with Crippen LogP contribution in [-0.2, 0) is 0 Å². The van der Waals surface area contributed by atoms with Gasteiger partial charge < -0.3 is 4.74 Å². The Morgan fingerprint density at radius 1 is 1.16 bits per heavy atom. The molecular weight excluding hydrogens is 260 g/mol. The van der Waals surface area contributed by atoms with Crippen molar-refractivity contribution in [3.05, 3.63) is 29.3 Å². The minimum atomic E-state index is -0.425. The molecule has 1 rings (SSSR count). The molecule has 0 saturated heterocycles. The fourth-order valence-corrected chi connectivity index (χ4v) is 2.12. The lowest BCUT2D eigenvalue weighted by molar-refractivity contribution is 0.108. The van der Waals surface area contributed by atoms with E-state index in [4.69, 9.17) is 16.3 Å². The highest BCUT2D eigenvalue weighted by Gasteiger charge is 2.05. The van der Waals surface area contributed by atoms with Crippen LogP contribution in [0.5, 0.6) is 5.75 Å². The number of unbranched alkanes of at least 4 members (excludes halogenated alkanes) is 5. The molecule has 1 aromatic carbocycles. The van der Waals surface area contributed by atoms with Gasteiger partial charge in [0.2, 0.25) is 0 Å². The summed E-state index contributed by atoms with van der Waals surface area (Å²) in [4.78, 5) is 11.0. The molecule has 0 bridgehead atoms. The quantitative estimate of drug-likeness (QED) is 0.464. The average molecular weight is 283 g/mol. The Kier molecular flexibility index (Phi) is 7.57. The zero-order valence-electron chi connectivity index (χ0n) is 11.9. The number of carbonyl (C=O) groups excluding carboxylic acids is 1. The molecule has 0 radical (unpaired) electrons. The first-order valence-corrected chi connectivity index (χ1v) is 7.46. The number of hydrogen-bond donors (Lipinski definition) is 0. The summed E-state index contributed by atoms with van der Waals surface area (Å²) in [5.74, 6) is 0.843. The number of hydrogen-bond acceptors (Lipinski definition) is 2. The van der Waals surface area contributed by atoms with Crippen molar-refractivity contribution >= 4 is 16.8 Å². The van der Waals surface area contributed by atoms with Crippen LogP contribution in [0.4, 0.5) is 0 Å². The molecule has 19 heavy (non-hydrogen) atoms. The van der Waals surface area contributed by atoms with E-state index in [2.05, 4.69) is 6.92 Å². The summed E-state index contributed by atoms with van der Waals surface area (Å²) in [6, 6.07) is 5.30. The van der Waals surface area contributed by atoms with E-state index >= 15 is 0 Å². The normalized spacial score (nSPS) is 10.5. The Morgan fingerprint density at radius 2 is 1.84 bits per heavy atom. The van der Waals surface area contributed by atoms with Crippen molar-refractivity contribution < 1.29 is 9.53 Å². The van der Waals surface area contributed by atoms with Gasteiger partial charge in [0.25, 0.3) is 5.24 Å². The predicted octanol–water partition coefficient (Wildman–Crippen LogP) is 5.11. The summed E-state index contributed by atoms with van der Waals surface area (Å²) < 4.78 is 5.72. The maximum absolute atomic E-state index is 11.0. The van der Waals surface area contributed by atoms with E-state index in [0.29, 0.717) is 5.56 Å². The third-order valence-corrected chi connectivity index (χ3v) is 3.38. The Hall–Kier alpha value is -1.02. The zero-order chi connectivity index (χ0) is 14.1. The lowest BCUT2D eigenvalue weighted by atomic mass is 10.1. The molecule has 3 heteroatoms. The number of carbonyl (C=O) groups is 1. The van der Waals surface area contributed by atoms with E-state index in [-0.39, 0.29) is 0 Å². The van der Waals surface area contributed by atoms with Crippen molar-refractivity contribution in [3.63, 3.8) is 0 Å². The molecule has 0 heterocycles. The molecule has 0 aliphatic carbocycles. The van der Waals surface area contributed by atoms with Crippen molar-refractivity contribution in [1.82, 2.24) is 0 Å². The van der Waals surface area contributed by atoms with E-state index in [9.17, 15) is 4.79 Å². The number of benzene rings is 1. The van der Waals surface area contributed by atoms with Crippen molar-refractivity contribution in [1.29, 1.82) is 0 Å². The monoisotopic (exact) mass is 282 g/mol. The van der Waals surface area contributed by atoms with Gasteiger partial charge in [-0.25, -0.2) is 0 Å². The van der Waals surface area contributed by atoms with Crippen LogP contribution >= 0.6 is 11.6 Å². The summed E-state index contributed by atoms with van der Waals surface area (Å²) in [5.41, 5.74) is 1.48. The van der Waals surface area contributed by atoms with Crippen LogP contribution in [0.3, 0.4) is 0 Å². The van der Waals surface area contributed by atoms with Crippen LogP contribution in [0.1, 0.15) is 61.4 Å². The van der Waals surface area contributed by atoms with E-state index in [1.54, 1.807) is 12.1 Å². The summed E-state index contributed by atoms with van der Waals surface area (Å²) in [6.07, 6.45) is 7.52. The molecule has 1 aromatic rings. The molecule has 0 atom stereocenters. The highest BCUT2D eigenvalue weighted by molar-refractivity contribution is 6.67. The Morgan fingerprint density at radius 3 is 2.47 bits per heavy atom. The smallest absolute Gasteiger partial charge is 0.252 e. The van der Waals surface area contributed by atoms with Crippen LogP contribution in [0.25, 0.3) is 0 Å². The second kappa shape index (κ2) is 8.98. The number of halogens is 1. The molecule has 0 unspecified atom stereocenters. The molecule has 0 aromatic heterocycles. The standard InChI is InChI=1S/C16H23ClO2/c1-3-4-5-6-7-8-11-19-15-10-9-14(16(17)18)12-13(15)2/h9-10,12H,3-8,11H2,1-2H3. The fraction of sp³-hybridized carbons (Fsp3) is 0.562. The van der Waals surface area contributed by atoms with Gasteiger partial charge in [0, 0.05) is 5.56 Å². The molecule has 0 N–H and O–H groups in total. The van der Waals surface area contributed by atoms with Gasteiger partial charge in [-0.15, -0.1) is 0 Å². The Bertz CT molecular complexity index is 402. The number of ether oxygens (including phenoxy) is 1. The molecule has 0 saturated carbocycles. The topological polar surface area (TPSA) is 26.3 Å². The van der Waals surface area contributed by atoms with Gasteiger partial charge in [0.15, 0.2) is 0 Å². The van der Waals surface area contributed by atoms with Gasteiger partial charge in [-0.3, -0.25) is 4.79 Å². The Labute approximate surface area is 121 Å². The average Bonchev–Trinajstić information content (AvgIpc) is 2.39. The van der Waals surface area contributed by atoms with E-state index in [0.717, 1.165) is 24.3 Å². The van der Waals surface area contributed by atoms with Crippen molar-refractivity contribution in [2.75, 3.05) is 6.61 Å². The SMILES string of the molecule is CCCCCCCCOc1ccc(C(=O)Cl)cc1C. The van der Waals surface area contributed by atoms with Crippen molar-refractivity contribution in [3.8, 4) is 5.75 Å². The van der Waals surface area contributed by atoms with Gasteiger partial charge in [-0.05, 0) is 48.7 Å². The summed E-state index contributed by atoms with van der Waals surface area (Å²) in [5, 5.41) is -0.425. The number of aryl methyl sites for hydroxylation is 1. The van der Waals surface area contributed by atoms with Crippen LogP contribution in [0.15, 0.2) is 18.2 Å². The van der Waals surface area contributed by atoms with Gasteiger partial charge in [0.05, 0.1) is 6.61 Å². The fourth-order valence-electron chi connectivity index (χ4n) is 2.00. The predicted molar refractivity (Wildman–Crippen MR) is 80.2 cm³/mol. The largest absolute Gasteiger partial charge is 0.493 e. The molecular formula is C16H23ClO2. The first-order valence-electron chi connectivity index (χ1n) is 7.08. The molecule has 0 aliphatic heterocycles. The maximum Gasteiger partial charge on any atom is 0.252 e.